The normalized spacial score (nSPS) is 12.4. The summed E-state index contributed by atoms with van der Waals surface area (Å²) in [6.45, 7) is 3.26. The van der Waals surface area contributed by atoms with Gasteiger partial charge in [-0.25, -0.2) is 4.79 Å². The van der Waals surface area contributed by atoms with Crippen molar-refractivity contribution in [3.63, 3.8) is 0 Å². The van der Waals surface area contributed by atoms with Crippen LogP contribution >= 0.6 is 0 Å². The molecule has 0 aliphatic heterocycles. The van der Waals surface area contributed by atoms with Gasteiger partial charge in [-0.05, 0) is 31.6 Å². The summed E-state index contributed by atoms with van der Waals surface area (Å²) in [5.41, 5.74) is -5.06. The SMILES string of the molecule is CCOC(=O)/C=C/c1ccc(C)cc1OS(=O)(=O)C(F)(F)F. The lowest BCUT2D eigenvalue weighted by Gasteiger charge is -2.12. The van der Waals surface area contributed by atoms with Crippen LogP contribution in [0.15, 0.2) is 24.3 Å². The Morgan fingerprint density at radius 3 is 2.50 bits per heavy atom. The molecule has 1 aromatic rings. The highest BCUT2D eigenvalue weighted by Gasteiger charge is 2.48. The Balaban J connectivity index is 3.15. The summed E-state index contributed by atoms with van der Waals surface area (Å²) >= 11 is 0. The molecule has 0 spiro atoms. The first kappa shape index (κ1) is 18.0. The molecule has 0 aromatic heterocycles. The molecule has 1 aromatic carbocycles. The van der Waals surface area contributed by atoms with Gasteiger partial charge in [0.2, 0.25) is 0 Å². The number of esters is 1. The highest BCUT2D eigenvalue weighted by atomic mass is 32.2. The van der Waals surface area contributed by atoms with E-state index in [1.165, 1.54) is 12.1 Å². The molecule has 0 unspecified atom stereocenters. The molecule has 0 aliphatic rings. The number of carbonyl (C=O) groups excluding carboxylic acids is 1. The Kier molecular flexibility index (Phi) is 5.59. The number of benzene rings is 1. The summed E-state index contributed by atoms with van der Waals surface area (Å²) in [6.07, 6.45) is 2.07. The Morgan fingerprint density at radius 1 is 1.32 bits per heavy atom. The van der Waals surface area contributed by atoms with Crippen molar-refractivity contribution in [3.05, 3.63) is 35.4 Å². The predicted molar refractivity (Wildman–Crippen MR) is 72.4 cm³/mol. The van der Waals surface area contributed by atoms with E-state index in [-0.39, 0.29) is 12.2 Å². The van der Waals surface area contributed by atoms with Crippen LogP contribution in [0.1, 0.15) is 18.1 Å². The molecule has 0 atom stereocenters. The van der Waals surface area contributed by atoms with E-state index in [9.17, 15) is 26.4 Å². The molecule has 0 fully saturated rings. The van der Waals surface area contributed by atoms with E-state index >= 15 is 0 Å². The average molecular weight is 338 g/mol. The van der Waals surface area contributed by atoms with Crippen molar-refractivity contribution in [1.82, 2.24) is 0 Å². The third kappa shape index (κ3) is 4.76. The first-order valence-corrected chi connectivity index (χ1v) is 7.44. The van der Waals surface area contributed by atoms with Crippen molar-refractivity contribution >= 4 is 22.2 Å². The van der Waals surface area contributed by atoms with Crippen LogP contribution in [0.3, 0.4) is 0 Å². The lowest BCUT2D eigenvalue weighted by Crippen LogP contribution is -2.28. The van der Waals surface area contributed by atoms with Crippen LogP contribution in [0.25, 0.3) is 6.08 Å². The maximum atomic E-state index is 12.4. The number of alkyl halides is 3. The molecule has 0 radical (unpaired) electrons. The van der Waals surface area contributed by atoms with Gasteiger partial charge in [0.15, 0.2) is 0 Å². The highest BCUT2D eigenvalue weighted by molar-refractivity contribution is 7.88. The number of hydrogen-bond acceptors (Lipinski definition) is 5. The zero-order chi connectivity index (χ0) is 17.0. The molecule has 0 N–H and O–H groups in total. The van der Waals surface area contributed by atoms with Crippen molar-refractivity contribution in [2.24, 2.45) is 0 Å². The van der Waals surface area contributed by atoms with Crippen LogP contribution in [-0.4, -0.2) is 26.5 Å². The summed E-state index contributed by atoms with van der Waals surface area (Å²) in [5.74, 6) is -1.24. The minimum absolute atomic E-state index is 0.00789. The molecule has 9 heteroatoms. The zero-order valence-electron chi connectivity index (χ0n) is 11.7. The lowest BCUT2D eigenvalue weighted by molar-refractivity contribution is -0.137. The van der Waals surface area contributed by atoms with E-state index in [4.69, 9.17) is 0 Å². The van der Waals surface area contributed by atoms with E-state index in [0.29, 0.717) is 5.56 Å². The number of halogens is 3. The first-order chi connectivity index (χ1) is 10.1. The largest absolute Gasteiger partial charge is 0.534 e. The van der Waals surface area contributed by atoms with Gasteiger partial charge >= 0.3 is 21.6 Å². The highest BCUT2D eigenvalue weighted by Crippen LogP contribution is 2.30. The summed E-state index contributed by atoms with van der Waals surface area (Å²) in [5, 5.41) is 0. The van der Waals surface area contributed by atoms with Gasteiger partial charge in [-0.3, -0.25) is 0 Å². The maximum absolute atomic E-state index is 12.4. The Hall–Kier alpha value is -2.03. The molecule has 5 nitrogen and oxygen atoms in total. The van der Waals surface area contributed by atoms with Gasteiger partial charge in [0.1, 0.15) is 5.75 Å². The fraction of sp³-hybridized carbons (Fsp3) is 0.308. The number of ether oxygens (including phenoxy) is 1. The molecule has 0 saturated heterocycles. The van der Waals surface area contributed by atoms with Crippen LogP contribution in [0.5, 0.6) is 5.75 Å². The maximum Gasteiger partial charge on any atom is 0.534 e. The minimum atomic E-state index is -5.79. The summed E-state index contributed by atoms with van der Waals surface area (Å²) in [6, 6.07) is 3.97. The van der Waals surface area contributed by atoms with Crippen molar-refractivity contribution in [2.75, 3.05) is 6.61 Å². The molecule has 0 bridgehead atoms. The standard InChI is InChI=1S/C13H13F3O5S/c1-3-20-12(17)7-6-10-5-4-9(2)8-11(10)21-22(18,19)13(14,15)16/h4-8H,3H2,1-2H3/b7-6+. The van der Waals surface area contributed by atoms with Crippen molar-refractivity contribution in [2.45, 2.75) is 19.4 Å². The zero-order valence-corrected chi connectivity index (χ0v) is 12.5. The van der Waals surface area contributed by atoms with Crippen LogP contribution < -0.4 is 4.18 Å². The molecular weight excluding hydrogens is 325 g/mol. The molecule has 0 heterocycles. The van der Waals surface area contributed by atoms with Gasteiger partial charge in [0.25, 0.3) is 0 Å². The van der Waals surface area contributed by atoms with E-state index < -0.39 is 27.3 Å². The van der Waals surface area contributed by atoms with Gasteiger partial charge in [0, 0.05) is 11.6 Å². The third-order valence-corrected chi connectivity index (χ3v) is 3.30. The van der Waals surface area contributed by atoms with E-state index in [0.717, 1.165) is 18.2 Å². The second-order valence-electron chi connectivity index (χ2n) is 4.11. The summed E-state index contributed by atoms with van der Waals surface area (Å²) in [7, 11) is -5.79. The van der Waals surface area contributed by atoms with Gasteiger partial charge in [-0.1, -0.05) is 12.1 Å². The van der Waals surface area contributed by atoms with E-state index in [2.05, 4.69) is 8.92 Å². The quantitative estimate of drug-likeness (QED) is 0.357. The number of carbonyl (C=O) groups is 1. The fourth-order valence-electron chi connectivity index (χ4n) is 1.37. The monoisotopic (exact) mass is 338 g/mol. The molecule has 1 rings (SSSR count). The number of hydrogen-bond donors (Lipinski definition) is 0. The minimum Gasteiger partial charge on any atom is -0.463 e. The Bertz CT molecular complexity index is 677. The summed E-state index contributed by atoms with van der Waals surface area (Å²) in [4.78, 5) is 11.2. The smallest absolute Gasteiger partial charge is 0.463 e. The van der Waals surface area contributed by atoms with Gasteiger partial charge in [-0.15, -0.1) is 0 Å². The first-order valence-electron chi connectivity index (χ1n) is 6.03. The predicted octanol–water partition coefficient (Wildman–Crippen LogP) is 2.80. The molecule has 0 saturated carbocycles. The van der Waals surface area contributed by atoms with Gasteiger partial charge in [-0.2, -0.15) is 21.6 Å². The molecular formula is C13H13F3O5S. The van der Waals surface area contributed by atoms with E-state index in [1.54, 1.807) is 13.8 Å². The molecule has 22 heavy (non-hydrogen) atoms. The lowest BCUT2D eigenvalue weighted by atomic mass is 10.1. The van der Waals surface area contributed by atoms with E-state index in [1.807, 2.05) is 0 Å². The molecule has 0 amide bonds. The van der Waals surface area contributed by atoms with Crippen LogP contribution in [0.2, 0.25) is 0 Å². The fourth-order valence-corrected chi connectivity index (χ4v) is 1.84. The van der Waals surface area contributed by atoms with Crippen LogP contribution in [-0.2, 0) is 19.6 Å². The number of rotatable bonds is 5. The van der Waals surface area contributed by atoms with Gasteiger partial charge < -0.3 is 8.92 Å². The summed E-state index contributed by atoms with van der Waals surface area (Å²) < 4.78 is 67.9. The third-order valence-electron chi connectivity index (χ3n) is 2.34. The van der Waals surface area contributed by atoms with Crippen molar-refractivity contribution in [1.29, 1.82) is 0 Å². The van der Waals surface area contributed by atoms with Gasteiger partial charge in [0.05, 0.1) is 6.61 Å². The Morgan fingerprint density at radius 2 is 1.95 bits per heavy atom. The van der Waals surface area contributed by atoms with Crippen molar-refractivity contribution < 1.29 is 35.3 Å². The second-order valence-corrected chi connectivity index (χ2v) is 5.65. The average Bonchev–Trinajstić information content (AvgIpc) is 2.36. The van der Waals surface area contributed by atoms with Crippen molar-refractivity contribution in [3.8, 4) is 5.75 Å². The Labute approximate surface area is 125 Å². The second kappa shape index (κ2) is 6.82. The molecule has 0 aliphatic carbocycles. The van der Waals surface area contributed by atoms with Crippen LogP contribution in [0.4, 0.5) is 13.2 Å². The van der Waals surface area contributed by atoms with Crippen LogP contribution in [0, 0.1) is 6.92 Å². The number of aryl methyl sites for hydroxylation is 1. The topological polar surface area (TPSA) is 69.7 Å². The molecule has 122 valence electrons.